The van der Waals surface area contributed by atoms with E-state index in [1.54, 1.807) is 9.58 Å². The van der Waals surface area contributed by atoms with Crippen molar-refractivity contribution in [3.05, 3.63) is 10.7 Å². The smallest absolute Gasteiger partial charge is 0.407 e. The molecule has 0 aromatic carbocycles. The molecule has 0 saturated carbocycles. The molecule has 2 amide bonds. The van der Waals surface area contributed by atoms with Crippen molar-refractivity contribution in [2.24, 2.45) is 0 Å². The third kappa shape index (κ3) is 4.00. The minimum absolute atomic E-state index is 0.00953. The maximum absolute atomic E-state index is 12.6. The third-order valence-corrected chi connectivity index (χ3v) is 4.44. The Labute approximate surface area is 151 Å². The molecule has 8 nitrogen and oxygen atoms in total. The summed E-state index contributed by atoms with van der Waals surface area (Å²) in [5.74, 6) is 0.262. The largest absolute Gasteiger partial charge is 0.475 e. The molecule has 3 heterocycles. The number of aromatic nitrogens is 2. The number of carbonyl (C=O) groups excluding carboxylic acids is 2. The van der Waals surface area contributed by atoms with Gasteiger partial charge >= 0.3 is 6.09 Å². The van der Waals surface area contributed by atoms with E-state index in [9.17, 15) is 9.59 Å². The highest BCUT2D eigenvalue weighted by molar-refractivity contribution is 6.34. The minimum Gasteiger partial charge on any atom is -0.475 e. The molecule has 138 valence electrons. The summed E-state index contributed by atoms with van der Waals surface area (Å²) in [6, 6.07) is -0.00953. The number of alkyl carbamates (subject to hydrolysis) is 1. The van der Waals surface area contributed by atoms with Crippen LogP contribution in [-0.4, -0.2) is 58.0 Å². The van der Waals surface area contributed by atoms with Crippen LogP contribution in [0.2, 0.25) is 5.02 Å². The van der Waals surface area contributed by atoms with E-state index in [0.29, 0.717) is 45.0 Å². The Bertz CT molecular complexity index is 674. The molecule has 1 fully saturated rings. The van der Waals surface area contributed by atoms with Crippen molar-refractivity contribution in [1.82, 2.24) is 20.0 Å². The molecule has 1 N–H and O–H groups in total. The summed E-state index contributed by atoms with van der Waals surface area (Å²) in [5.41, 5.74) is -0.295. The molecule has 0 aliphatic carbocycles. The summed E-state index contributed by atoms with van der Waals surface area (Å²) in [4.78, 5) is 26.2. The Kier molecular flexibility index (Phi) is 4.81. The summed E-state index contributed by atoms with van der Waals surface area (Å²) < 4.78 is 12.3. The van der Waals surface area contributed by atoms with Gasteiger partial charge in [0.05, 0.1) is 6.54 Å². The lowest BCUT2D eigenvalue weighted by atomic mass is 10.0. The predicted molar refractivity (Wildman–Crippen MR) is 91.0 cm³/mol. The molecule has 1 aromatic rings. The quantitative estimate of drug-likeness (QED) is 0.861. The number of piperidine rings is 1. The van der Waals surface area contributed by atoms with E-state index in [4.69, 9.17) is 21.1 Å². The van der Waals surface area contributed by atoms with Crippen LogP contribution in [-0.2, 0) is 11.3 Å². The number of likely N-dealkylation sites (tertiary alicyclic amines) is 1. The third-order valence-electron chi connectivity index (χ3n) is 4.10. The first-order chi connectivity index (χ1) is 11.7. The average molecular weight is 371 g/mol. The molecule has 0 spiro atoms. The van der Waals surface area contributed by atoms with Gasteiger partial charge < -0.3 is 19.7 Å². The lowest BCUT2D eigenvalue weighted by Crippen LogP contribution is -2.47. The molecule has 2 aliphatic rings. The highest BCUT2D eigenvalue weighted by Crippen LogP contribution is 2.32. The monoisotopic (exact) mass is 370 g/mol. The Morgan fingerprint density at radius 1 is 1.28 bits per heavy atom. The molecule has 1 saturated heterocycles. The zero-order chi connectivity index (χ0) is 18.2. The Balaban J connectivity index is 1.54. The van der Waals surface area contributed by atoms with Crippen molar-refractivity contribution in [1.29, 1.82) is 0 Å². The van der Waals surface area contributed by atoms with Crippen LogP contribution in [0.3, 0.4) is 0 Å². The maximum atomic E-state index is 12.6. The van der Waals surface area contributed by atoms with Crippen molar-refractivity contribution >= 4 is 23.6 Å². The number of ether oxygens (including phenoxy) is 2. The minimum atomic E-state index is -0.527. The number of rotatable bonds is 2. The summed E-state index contributed by atoms with van der Waals surface area (Å²) in [6.45, 7) is 7.65. The Hall–Kier alpha value is -1.96. The van der Waals surface area contributed by atoms with Crippen LogP contribution in [0.15, 0.2) is 0 Å². The van der Waals surface area contributed by atoms with Crippen LogP contribution in [0.1, 0.15) is 44.1 Å². The first kappa shape index (κ1) is 17.8. The normalized spacial score (nSPS) is 17.8. The maximum Gasteiger partial charge on any atom is 0.407 e. The van der Waals surface area contributed by atoms with Gasteiger partial charge in [-0.1, -0.05) is 11.6 Å². The number of nitrogens with one attached hydrogen (secondary N) is 1. The zero-order valence-electron chi connectivity index (χ0n) is 14.7. The SMILES string of the molecule is CC(C)(C)OC(=O)NC1CCN(C(=O)c2nn3c(c2Cl)OCC3)CC1. The van der Waals surface area contributed by atoms with E-state index < -0.39 is 11.7 Å². The number of carbonyl (C=O) groups is 2. The van der Waals surface area contributed by atoms with Crippen molar-refractivity contribution in [3.63, 3.8) is 0 Å². The van der Waals surface area contributed by atoms with Gasteiger partial charge in [0.15, 0.2) is 5.69 Å². The number of hydrogen-bond acceptors (Lipinski definition) is 5. The standard InChI is InChI=1S/C16H23ClN4O4/c1-16(2,3)25-15(23)18-10-4-6-20(7-5-10)13(22)12-11(17)14-21(19-12)8-9-24-14/h10H,4-9H2,1-3H3,(H,18,23). The van der Waals surface area contributed by atoms with Crippen LogP contribution in [0.4, 0.5) is 4.79 Å². The molecule has 25 heavy (non-hydrogen) atoms. The van der Waals surface area contributed by atoms with E-state index in [1.165, 1.54) is 0 Å². The van der Waals surface area contributed by atoms with Crippen LogP contribution in [0.25, 0.3) is 0 Å². The van der Waals surface area contributed by atoms with Gasteiger partial charge in [-0.25, -0.2) is 9.48 Å². The number of nitrogens with zero attached hydrogens (tertiary/aromatic N) is 3. The molecule has 0 radical (unpaired) electrons. The van der Waals surface area contributed by atoms with Crippen LogP contribution in [0, 0.1) is 0 Å². The number of fused-ring (bicyclic) bond motifs is 1. The number of halogens is 1. The molecule has 0 atom stereocenters. The second-order valence-corrected chi connectivity index (χ2v) is 7.63. The average Bonchev–Trinajstić information content (AvgIpc) is 3.09. The molecule has 1 aromatic heterocycles. The lowest BCUT2D eigenvalue weighted by Gasteiger charge is -2.32. The second-order valence-electron chi connectivity index (χ2n) is 7.25. The fourth-order valence-corrected chi connectivity index (χ4v) is 3.20. The van der Waals surface area contributed by atoms with E-state index in [-0.39, 0.29) is 22.7 Å². The van der Waals surface area contributed by atoms with Crippen LogP contribution < -0.4 is 10.1 Å². The topological polar surface area (TPSA) is 85.7 Å². The summed E-state index contributed by atoms with van der Waals surface area (Å²) in [5, 5.41) is 7.38. The molecule has 0 unspecified atom stereocenters. The zero-order valence-corrected chi connectivity index (χ0v) is 15.4. The van der Waals surface area contributed by atoms with E-state index in [1.807, 2.05) is 20.8 Å². The summed E-state index contributed by atoms with van der Waals surface area (Å²) in [7, 11) is 0. The number of amides is 2. The van der Waals surface area contributed by atoms with Crippen LogP contribution >= 0.6 is 11.6 Å². The molecule has 2 aliphatic heterocycles. The van der Waals surface area contributed by atoms with Gasteiger partial charge in [0, 0.05) is 19.1 Å². The highest BCUT2D eigenvalue weighted by Gasteiger charge is 2.31. The fraction of sp³-hybridized carbons (Fsp3) is 0.688. The molecular formula is C16H23ClN4O4. The van der Waals surface area contributed by atoms with Crippen LogP contribution in [0.5, 0.6) is 5.88 Å². The first-order valence-corrected chi connectivity index (χ1v) is 8.80. The number of hydrogen-bond donors (Lipinski definition) is 1. The van der Waals surface area contributed by atoms with Crippen molar-refractivity contribution in [3.8, 4) is 5.88 Å². The highest BCUT2D eigenvalue weighted by atomic mass is 35.5. The molecule has 3 rings (SSSR count). The van der Waals surface area contributed by atoms with Gasteiger partial charge in [-0.05, 0) is 33.6 Å². The van der Waals surface area contributed by atoms with Gasteiger partial charge in [-0.2, -0.15) is 5.10 Å². The van der Waals surface area contributed by atoms with Crippen molar-refractivity contribution < 1.29 is 19.1 Å². The first-order valence-electron chi connectivity index (χ1n) is 8.42. The predicted octanol–water partition coefficient (Wildman–Crippen LogP) is 2.06. The van der Waals surface area contributed by atoms with E-state index in [0.717, 1.165) is 0 Å². The molecular weight excluding hydrogens is 348 g/mol. The summed E-state index contributed by atoms with van der Waals surface area (Å²) >= 11 is 6.21. The molecule has 9 heteroatoms. The Morgan fingerprint density at radius 2 is 1.96 bits per heavy atom. The second kappa shape index (κ2) is 6.74. The van der Waals surface area contributed by atoms with Crippen molar-refractivity contribution in [2.75, 3.05) is 19.7 Å². The Morgan fingerprint density at radius 3 is 2.56 bits per heavy atom. The van der Waals surface area contributed by atoms with Gasteiger partial charge in [0.25, 0.3) is 5.91 Å². The fourth-order valence-electron chi connectivity index (χ4n) is 2.93. The van der Waals surface area contributed by atoms with Gasteiger partial charge in [0.2, 0.25) is 5.88 Å². The van der Waals surface area contributed by atoms with E-state index in [2.05, 4.69) is 10.4 Å². The van der Waals surface area contributed by atoms with Gasteiger partial charge in [0.1, 0.15) is 17.2 Å². The van der Waals surface area contributed by atoms with E-state index >= 15 is 0 Å². The van der Waals surface area contributed by atoms with Crippen molar-refractivity contribution in [2.45, 2.75) is 51.8 Å². The lowest BCUT2D eigenvalue weighted by molar-refractivity contribution is 0.0473. The summed E-state index contributed by atoms with van der Waals surface area (Å²) in [6.07, 6.45) is 0.891. The molecule has 0 bridgehead atoms. The van der Waals surface area contributed by atoms with Gasteiger partial charge in [-0.3, -0.25) is 4.79 Å². The van der Waals surface area contributed by atoms with Gasteiger partial charge in [-0.15, -0.1) is 0 Å².